The van der Waals surface area contributed by atoms with E-state index >= 15 is 0 Å². The summed E-state index contributed by atoms with van der Waals surface area (Å²) in [4.78, 5) is 0. The molecule has 0 aliphatic heterocycles. The maximum Gasteiger partial charge on any atom is 0.165 e. The number of benzene rings is 1. The van der Waals surface area contributed by atoms with Gasteiger partial charge in [-0.05, 0) is 56.8 Å². The summed E-state index contributed by atoms with van der Waals surface area (Å²) in [5.74, 6) is 0.0453. The molecule has 1 aromatic carbocycles. The maximum atomic E-state index is 13.5. The molecule has 0 amide bonds. The molecule has 0 radical (unpaired) electrons. The van der Waals surface area contributed by atoms with E-state index in [1.165, 1.54) is 7.11 Å². The molecule has 18 heavy (non-hydrogen) atoms. The smallest absolute Gasteiger partial charge is 0.165 e. The molecule has 2 nitrogen and oxygen atoms in total. The number of hydrogen-bond donors (Lipinski definition) is 1. The number of halogens is 1. The minimum absolute atomic E-state index is 0.271. The maximum absolute atomic E-state index is 13.5. The Balaban J connectivity index is 2.33. The molecule has 0 heterocycles. The summed E-state index contributed by atoms with van der Waals surface area (Å²) in [6.07, 6.45) is 4.27. The van der Waals surface area contributed by atoms with Crippen LogP contribution in [0, 0.1) is 5.82 Å². The lowest BCUT2D eigenvalue weighted by Gasteiger charge is -2.12. The molecule has 0 saturated carbocycles. The van der Waals surface area contributed by atoms with E-state index in [1.54, 1.807) is 12.1 Å². The molecule has 1 unspecified atom stereocenters. The van der Waals surface area contributed by atoms with Crippen molar-refractivity contribution in [3.05, 3.63) is 29.6 Å². The first kappa shape index (κ1) is 15.0. The summed E-state index contributed by atoms with van der Waals surface area (Å²) >= 11 is 0. The topological polar surface area (TPSA) is 21.3 Å². The Kier molecular flexibility index (Phi) is 6.73. The summed E-state index contributed by atoms with van der Waals surface area (Å²) in [5, 5.41) is 3.45. The van der Waals surface area contributed by atoms with Crippen LogP contribution >= 0.6 is 0 Å². The third-order valence-electron chi connectivity index (χ3n) is 3.06. The lowest BCUT2D eigenvalue weighted by molar-refractivity contribution is 0.386. The van der Waals surface area contributed by atoms with E-state index in [0.717, 1.165) is 37.8 Å². The van der Waals surface area contributed by atoms with E-state index in [0.29, 0.717) is 11.8 Å². The summed E-state index contributed by atoms with van der Waals surface area (Å²) in [6, 6.07) is 5.74. The zero-order valence-electron chi connectivity index (χ0n) is 11.6. The third-order valence-corrected chi connectivity index (χ3v) is 3.06. The fourth-order valence-corrected chi connectivity index (χ4v) is 1.97. The molecule has 0 fully saturated rings. The SMILES string of the molecule is CCCNC(C)CCCc1ccc(OC)c(F)c1. The average Bonchev–Trinajstić information content (AvgIpc) is 2.36. The Bertz CT molecular complexity index is 354. The van der Waals surface area contributed by atoms with Crippen molar-refractivity contribution in [1.29, 1.82) is 0 Å². The van der Waals surface area contributed by atoms with Crippen molar-refractivity contribution >= 4 is 0 Å². The third kappa shape index (κ3) is 5.05. The van der Waals surface area contributed by atoms with E-state index in [9.17, 15) is 4.39 Å². The fourth-order valence-electron chi connectivity index (χ4n) is 1.97. The Labute approximate surface area is 110 Å². The first-order valence-corrected chi connectivity index (χ1v) is 6.73. The van der Waals surface area contributed by atoms with Gasteiger partial charge in [-0.25, -0.2) is 4.39 Å². The van der Waals surface area contributed by atoms with Gasteiger partial charge in [-0.3, -0.25) is 0 Å². The molecule has 1 rings (SSSR count). The van der Waals surface area contributed by atoms with Gasteiger partial charge in [0.05, 0.1) is 7.11 Å². The molecule has 0 bridgehead atoms. The van der Waals surface area contributed by atoms with Gasteiger partial charge in [0.1, 0.15) is 0 Å². The van der Waals surface area contributed by atoms with Crippen LogP contribution in [0.3, 0.4) is 0 Å². The lowest BCUT2D eigenvalue weighted by atomic mass is 10.0. The van der Waals surface area contributed by atoms with Crippen LogP contribution in [0.2, 0.25) is 0 Å². The summed E-state index contributed by atoms with van der Waals surface area (Å²) in [7, 11) is 1.49. The minimum Gasteiger partial charge on any atom is -0.494 e. The molecule has 1 N–H and O–H groups in total. The van der Waals surface area contributed by atoms with Gasteiger partial charge in [0.15, 0.2) is 11.6 Å². The van der Waals surface area contributed by atoms with E-state index in [2.05, 4.69) is 19.2 Å². The highest BCUT2D eigenvalue weighted by Crippen LogP contribution is 2.18. The highest BCUT2D eigenvalue weighted by molar-refractivity contribution is 5.29. The zero-order valence-corrected chi connectivity index (χ0v) is 11.6. The highest BCUT2D eigenvalue weighted by Gasteiger charge is 2.04. The van der Waals surface area contributed by atoms with Crippen LogP contribution < -0.4 is 10.1 Å². The number of methoxy groups -OCH3 is 1. The molecule has 0 saturated heterocycles. The van der Waals surface area contributed by atoms with Crippen molar-refractivity contribution in [2.75, 3.05) is 13.7 Å². The summed E-state index contributed by atoms with van der Waals surface area (Å²) in [5.41, 5.74) is 1.04. The van der Waals surface area contributed by atoms with Crippen LogP contribution in [0.1, 0.15) is 38.7 Å². The number of aryl methyl sites for hydroxylation is 1. The molecule has 0 aromatic heterocycles. The van der Waals surface area contributed by atoms with Crippen LogP contribution in [-0.2, 0) is 6.42 Å². The van der Waals surface area contributed by atoms with Gasteiger partial charge in [-0.15, -0.1) is 0 Å². The standard InChI is InChI=1S/C15H24FNO/c1-4-10-17-12(2)6-5-7-13-8-9-15(18-3)14(16)11-13/h8-9,11-12,17H,4-7,10H2,1-3H3. The quantitative estimate of drug-likeness (QED) is 0.765. The number of rotatable bonds is 8. The van der Waals surface area contributed by atoms with Gasteiger partial charge >= 0.3 is 0 Å². The van der Waals surface area contributed by atoms with Crippen molar-refractivity contribution in [3.63, 3.8) is 0 Å². The fraction of sp³-hybridized carbons (Fsp3) is 0.600. The second-order valence-corrected chi connectivity index (χ2v) is 4.72. The Morgan fingerprint density at radius 3 is 2.78 bits per heavy atom. The Hall–Kier alpha value is -1.09. The molecule has 3 heteroatoms. The van der Waals surface area contributed by atoms with Crippen LogP contribution in [-0.4, -0.2) is 19.7 Å². The summed E-state index contributed by atoms with van der Waals surface area (Å²) < 4.78 is 18.4. The van der Waals surface area contributed by atoms with E-state index in [1.807, 2.05) is 6.07 Å². The van der Waals surface area contributed by atoms with Gasteiger partial charge in [0, 0.05) is 6.04 Å². The normalized spacial score (nSPS) is 12.4. The first-order valence-electron chi connectivity index (χ1n) is 6.73. The Morgan fingerprint density at radius 1 is 1.39 bits per heavy atom. The molecular weight excluding hydrogens is 229 g/mol. The van der Waals surface area contributed by atoms with Crippen LogP contribution in [0.5, 0.6) is 5.75 Å². The molecule has 0 spiro atoms. The van der Waals surface area contributed by atoms with Crippen molar-refractivity contribution in [2.24, 2.45) is 0 Å². The lowest BCUT2D eigenvalue weighted by Crippen LogP contribution is -2.26. The van der Waals surface area contributed by atoms with Gasteiger partial charge in [0.25, 0.3) is 0 Å². The summed E-state index contributed by atoms with van der Waals surface area (Å²) in [6.45, 7) is 5.43. The van der Waals surface area contributed by atoms with Crippen LogP contribution in [0.15, 0.2) is 18.2 Å². The van der Waals surface area contributed by atoms with Gasteiger partial charge in [0.2, 0.25) is 0 Å². The molecule has 0 aliphatic rings. The second-order valence-electron chi connectivity index (χ2n) is 4.72. The predicted octanol–water partition coefficient (Wildman–Crippen LogP) is 3.55. The largest absolute Gasteiger partial charge is 0.494 e. The van der Waals surface area contributed by atoms with Crippen LogP contribution in [0.4, 0.5) is 4.39 Å². The second kappa shape index (κ2) is 8.09. The van der Waals surface area contributed by atoms with E-state index < -0.39 is 0 Å². The molecule has 1 atom stereocenters. The number of hydrogen-bond acceptors (Lipinski definition) is 2. The number of ether oxygens (including phenoxy) is 1. The molecule has 102 valence electrons. The van der Waals surface area contributed by atoms with Gasteiger partial charge in [-0.2, -0.15) is 0 Å². The molecule has 1 aromatic rings. The van der Waals surface area contributed by atoms with E-state index in [4.69, 9.17) is 4.74 Å². The monoisotopic (exact) mass is 253 g/mol. The van der Waals surface area contributed by atoms with Crippen molar-refractivity contribution < 1.29 is 9.13 Å². The first-order chi connectivity index (χ1) is 8.67. The minimum atomic E-state index is -0.271. The highest BCUT2D eigenvalue weighted by atomic mass is 19.1. The van der Waals surface area contributed by atoms with Gasteiger partial charge < -0.3 is 10.1 Å². The predicted molar refractivity (Wildman–Crippen MR) is 73.6 cm³/mol. The zero-order chi connectivity index (χ0) is 13.4. The average molecular weight is 253 g/mol. The van der Waals surface area contributed by atoms with Crippen LogP contribution in [0.25, 0.3) is 0 Å². The van der Waals surface area contributed by atoms with Crippen molar-refractivity contribution in [3.8, 4) is 5.75 Å². The van der Waals surface area contributed by atoms with E-state index in [-0.39, 0.29) is 5.82 Å². The molecule has 0 aliphatic carbocycles. The molecular formula is C15H24FNO. The number of nitrogens with one attached hydrogen (secondary N) is 1. The van der Waals surface area contributed by atoms with Crippen molar-refractivity contribution in [1.82, 2.24) is 5.32 Å². The van der Waals surface area contributed by atoms with Crippen molar-refractivity contribution in [2.45, 2.75) is 45.6 Å². The van der Waals surface area contributed by atoms with Gasteiger partial charge in [-0.1, -0.05) is 13.0 Å². The Morgan fingerprint density at radius 2 is 2.17 bits per heavy atom.